The molecule has 4 nitrogen and oxygen atoms in total. The summed E-state index contributed by atoms with van der Waals surface area (Å²) in [7, 11) is 0. The van der Waals surface area contributed by atoms with E-state index in [0.29, 0.717) is 11.5 Å². The van der Waals surface area contributed by atoms with Crippen LogP contribution in [0.25, 0.3) is 0 Å². The Morgan fingerprint density at radius 2 is 1.77 bits per heavy atom. The van der Waals surface area contributed by atoms with E-state index in [4.69, 9.17) is 4.74 Å². The number of carbonyl (C=O) groups excluding carboxylic acids is 2. The van der Waals surface area contributed by atoms with E-state index in [2.05, 4.69) is 12.2 Å². The predicted molar refractivity (Wildman–Crippen MR) is 85.8 cm³/mol. The van der Waals surface area contributed by atoms with E-state index >= 15 is 0 Å². The maximum Gasteiger partial charge on any atom is 0.338 e. The number of carbonyl (C=O) groups is 2. The number of amides is 1. The number of hydrogen-bond donors (Lipinski definition) is 1. The summed E-state index contributed by atoms with van der Waals surface area (Å²) in [6.07, 6.45) is 4.54. The molecule has 1 aromatic carbocycles. The van der Waals surface area contributed by atoms with Gasteiger partial charge >= 0.3 is 5.97 Å². The molecule has 0 radical (unpaired) electrons. The Kier molecular flexibility index (Phi) is 5.58. The highest BCUT2D eigenvalue weighted by Gasteiger charge is 2.23. The molecular weight excluding hydrogens is 278 g/mol. The summed E-state index contributed by atoms with van der Waals surface area (Å²) >= 11 is 0. The number of ether oxygens (including phenoxy) is 1. The van der Waals surface area contributed by atoms with Crippen LogP contribution >= 0.6 is 0 Å². The van der Waals surface area contributed by atoms with Crippen LogP contribution in [0.5, 0.6) is 0 Å². The van der Waals surface area contributed by atoms with Gasteiger partial charge in [-0.2, -0.15) is 0 Å². The normalized spacial score (nSPS) is 21.2. The van der Waals surface area contributed by atoms with Gasteiger partial charge in [0.1, 0.15) is 0 Å². The Bertz CT molecular complexity index is 533. The molecule has 2 atom stereocenters. The van der Waals surface area contributed by atoms with Crippen molar-refractivity contribution in [2.24, 2.45) is 5.92 Å². The first kappa shape index (κ1) is 16.5. The van der Waals surface area contributed by atoms with Gasteiger partial charge in [-0.15, -0.1) is 0 Å². The topological polar surface area (TPSA) is 55.4 Å². The van der Waals surface area contributed by atoms with Crippen molar-refractivity contribution in [3.63, 3.8) is 0 Å². The number of nitrogens with one attached hydrogen (secondary N) is 1. The maximum absolute atomic E-state index is 12.0. The zero-order valence-electron chi connectivity index (χ0n) is 13.6. The van der Waals surface area contributed by atoms with Crippen molar-refractivity contribution < 1.29 is 14.3 Å². The monoisotopic (exact) mass is 303 g/mol. The molecule has 1 aromatic rings. The summed E-state index contributed by atoms with van der Waals surface area (Å²) in [5, 5.41) is 2.98. The molecule has 1 fully saturated rings. The van der Waals surface area contributed by atoms with Gasteiger partial charge in [0.15, 0.2) is 6.61 Å². The maximum atomic E-state index is 12.0. The fraction of sp³-hybridized carbons (Fsp3) is 0.556. The zero-order chi connectivity index (χ0) is 16.1. The van der Waals surface area contributed by atoms with Crippen LogP contribution in [0.1, 0.15) is 54.1 Å². The van der Waals surface area contributed by atoms with Gasteiger partial charge in [0.05, 0.1) is 5.56 Å². The van der Waals surface area contributed by atoms with Crippen LogP contribution in [0.3, 0.4) is 0 Å². The van der Waals surface area contributed by atoms with Gasteiger partial charge in [-0.05, 0) is 44.7 Å². The minimum Gasteiger partial charge on any atom is -0.452 e. The molecule has 0 unspecified atom stereocenters. The first-order chi connectivity index (χ1) is 10.5. The second-order valence-corrected chi connectivity index (χ2v) is 6.39. The third kappa shape index (κ3) is 4.58. The Morgan fingerprint density at radius 3 is 2.41 bits per heavy atom. The zero-order valence-corrected chi connectivity index (χ0v) is 13.6. The number of esters is 1. The van der Waals surface area contributed by atoms with Crippen molar-refractivity contribution in [3.05, 3.63) is 34.9 Å². The molecule has 4 heteroatoms. The number of rotatable bonds is 4. The second-order valence-electron chi connectivity index (χ2n) is 6.39. The fourth-order valence-electron chi connectivity index (χ4n) is 3.09. The lowest BCUT2D eigenvalue weighted by atomic mass is 9.86. The van der Waals surface area contributed by atoms with E-state index in [1.54, 1.807) is 12.1 Å². The van der Waals surface area contributed by atoms with Crippen LogP contribution in [-0.4, -0.2) is 24.5 Å². The minimum atomic E-state index is -0.446. The largest absolute Gasteiger partial charge is 0.452 e. The summed E-state index contributed by atoms with van der Waals surface area (Å²) in [6, 6.07) is 5.75. The SMILES string of the molecule is Cc1cc(C)cc(C(=O)OCC(=O)N[C@H]2CCCC[C@@H]2C)c1. The van der Waals surface area contributed by atoms with Crippen LogP contribution in [-0.2, 0) is 9.53 Å². The molecule has 1 saturated carbocycles. The Labute approximate surface area is 132 Å². The molecule has 22 heavy (non-hydrogen) atoms. The van der Waals surface area contributed by atoms with Crippen LogP contribution in [0.2, 0.25) is 0 Å². The molecule has 1 N–H and O–H groups in total. The van der Waals surface area contributed by atoms with Gasteiger partial charge in [-0.3, -0.25) is 4.79 Å². The van der Waals surface area contributed by atoms with E-state index in [1.165, 1.54) is 6.42 Å². The lowest BCUT2D eigenvalue weighted by molar-refractivity contribution is -0.125. The standard InChI is InChI=1S/C18H25NO3/c1-12-8-13(2)10-15(9-12)18(21)22-11-17(20)19-16-7-5-4-6-14(16)3/h8-10,14,16H,4-7,11H2,1-3H3,(H,19,20)/t14-,16-/m0/s1. The van der Waals surface area contributed by atoms with E-state index in [9.17, 15) is 9.59 Å². The Balaban J connectivity index is 1.83. The molecular formula is C18H25NO3. The van der Waals surface area contributed by atoms with Crippen molar-refractivity contribution in [1.29, 1.82) is 0 Å². The summed E-state index contributed by atoms with van der Waals surface area (Å²) in [4.78, 5) is 23.9. The van der Waals surface area contributed by atoms with Gasteiger partial charge in [-0.25, -0.2) is 4.79 Å². The van der Waals surface area contributed by atoms with Gasteiger partial charge < -0.3 is 10.1 Å². The highest BCUT2D eigenvalue weighted by molar-refractivity contribution is 5.91. The van der Waals surface area contributed by atoms with Gasteiger partial charge in [0.2, 0.25) is 0 Å². The summed E-state index contributed by atoms with van der Waals surface area (Å²) in [5.41, 5.74) is 2.51. The first-order valence-electron chi connectivity index (χ1n) is 8.00. The van der Waals surface area contributed by atoms with Gasteiger partial charge in [-0.1, -0.05) is 37.0 Å². The molecule has 0 aliphatic heterocycles. The van der Waals surface area contributed by atoms with Crippen molar-refractivity contribution >= 4 is 11.9 Å². The van der Waals surface area contributed by atoms with Crippen LogP contribution < -0.4 is 5.32 Å². The summed E-state index contributed by atoms with van der Waals surface area (Å²) in [5.74, 6) is -0.164. The number of benzene rings is 1. The average molecular weight is 303 g/mol. The van der Waals surface area contributed by atoms with Crippen molar-refractivity contribution in [3.8, 4) is 0 Å². The van der Waals surface area contributed by atoms with Crippen LogP contribution in [0.15, 0.2) is 18.2 Å². The third-order valence-corrected chi connectivity index (χ3v) is 4.25. The third-order valence-electron chi connectivity index (χ3n) is 4.25. The molecule has 0 aromatic heterocycles. The van der Waals surface area contributed by atoms with Crippen molar-refractivity contribution in [1.82, 2.24) is 5.32 Å². The molecule has 0 saturated heterocycles. The molecule has 0 bridgehead atoms. The van der Waals surface area contributed by atoms with E-state index in [1.807, 2.05) is 19.9 Å². The molecule has 1 aliphatic carbocycles. The van der Waals surface area contributed by atoms with Crippen molar-refractivity contribution in [2.45, 2.75) is 52.5 Å². The quantitative estimate of drug-likeness (QED) is 0.869. The van der Waals surface area contributed by atoms with Crippen LogP contribution in [0.4, 0.5) is 0 Å². The summed E-state index contributed by atoms with van der Waals surface area (Å²) < 4.78 is 5.13. The Hall–Kier alpha value is -1.84. The van der Waals surface area contributed by atoms with E-state index < -0.39 is 5.97 Å². The number of aryl methyl sites for hydroxylation is 2. The summed E-state index contributed by atoms with van der Waals surface area (Å²) in [6.45, 7) is 5.81. The molecule has 0 spiro atoms. The smallest absolute Gasteiger partial charge is 0.338 e. The first-order valence-corrected chi connectivity index (χ1v) is 8.00. The highest BCUT2D eigenvalue weighted by Crippen LogP contribution is 2.23. The molecule has 120 valence electrons. The highest BCUT2D eigenvalue weighted by atomic mass is 16.5. The number of hydrogen-bond acceptors (Lipinski definition) is 3. The lowest BCUT2D eigenvalue weighted by Gasteiger charge is -2.29. The fourth-order valence-corrected chi connectivity index (χ4v) is 3.09. The molecule has 1 amide bonds. The predicted octanol–water partition coefficient (Wildman–Crippen LogP) is 3.16. The Morgan fingerprint density at radius 1 is 1.14 bits per heavy atom. The molecule has 2 rings (SSSR count). The van der Waals surface area contributed by atoms with E-state index in [-0.39, 0.29) is 18.6 Å². The molecule has 1 aliphatic rings. The van der Waals surface area contributed by atoms with Gasteiger partial charge in [0.25, 0.3) is 5.91 Å². The minimum absolute atomic E-state index is 0.209. The van der Waals surface area contributed by atoms with Crippen molar-refractivity contribution in [2.75, 3.05) is 6.61 Å². The average Bonchev–Trinajstić information content (AvgIpc) is 2.46. The van der Waals surface area contributed by atoms with E-state index in [0.717, 1.165) is 30.4 Å². The van der Waals surface area contributed by atoms with Crippen LogP contribution in [0, 0.1) is 19.8 Å². The lowest BCUT2D eigenvalue weighted by Crippen LogP contribution is -2.42. The van der Waals surface area contributed by atoms with Gasteiger partial charge in [0, 0.05) is 6.04 Å². The second kappa shape index (κ2) is 7.43. The molecule has 0 heterocycles.